The Morgan fingerprint density at radius 2 is 1.93 bits per heavy atom. The second-order valence-electron chi connectivity index (χ2n) is 6.42. The van der Waals surface area contributed by atoms with Gasteiger partial charge in [0.1, 0.15) is 5.56 Å². The molecule has 2 aromatic carbocycles. The predicted octanol–water partition coefficient (Wildman–Crippen LogP) is 6.36. The molecule has 0 aliphatic rings. The molecule has 0 saturated heterocycles. The van der Waals surface area contributed by atoms with Gasteiger partial charge in [0.2, 0.25) is 0 Å². The maximum absolute atomic E-state index is 14.5. The minimum atomic E-state index is -1.87. The lowest BCUT2D eigenvalue weighted by molar-refractivity contribution is -0.120. The summed E-state index contributed by atoms with van der Waals surface area (Å²) in [4.78, 5) is 24.6. The third-order valence-corrected chi connectivity index (χ3v) is 6.17. The summed E-state index contributed by atoms with van der Waals surface area (Å²) in [5, 5.41) is 13.9. The topological polar surface area (TPSA) is 66.4 Å². The molecule has 3 aromatic rings. The molecule has 29 heavy (non-hydrogen) atoms. The number of carbonyl (C=O) groups excluding carboxylic acids is 1. The Morgan fingerprint density at radius 3 is 2.55 bits per heavy atom. The van der Waals surface area contributed by atoms with Gasteiger partial charge in [-0.2, -0.15) is 0 Å². The standard InChI is InChI=1S/C21H16BrClFNO3S/c1-11-2-3-13(15(23)8-11)9-16(24)20(26)25-17-10-29-19(18(17)21(27)28)12-4-6-14(22)7-5-12/h2-8,10,16H,9H2,1H3,(H,25,26)(H,27,28). The molecular weight excluding hydrogens is 481 g/mol. The van der Waals surface area contributed by atoms with Gasteiger partial charge in [-0.05, 0) is 41.8 Å². The van der Waals surface area contributed by atoms with E-state index in [1.807, 2.05) is 6.92 Å². The fourth-order valence-electron chi connectivity index (χ4n) is 2.79. The Balaban J connectivity index is 1.81. The van der Waals surface area contributed by atoms with Crippen LogP contribution >= 0.6 is 38.9 Å². The zero-order valence-corrected chi connectivity index (χ0v) is 18.4. The van der Waals surface area contributed by atoms with Crippen LogP contribution in [0.1, 0.15) is 21.5 Å². The van der Waals surface area contributed by atoms with Gasteiger partial charge >= 0.3 is 5.97 Å². The van der Waals surface area contributed by atoms with Gasteiger partial charge in [-0.15, -0.1) is 11.3 Å². The number of aromatic carboxylic acids is 1. The average Bonchev–Trinajstić information content (AvgIpc) is 3.08. The number of alkyl halides is 1. The molecule has 2 N–H and O–H groups in total. The predicted molar refractivity (Wildman–Crippen MR) is 118 cm³/mol. The highest BCUT2D eigenvalue weighted by Gasteiger charge is 2.25. The first kappa shape index (κ1) is 21.5. The van der Waals surface area contributed by atoms with Gasteiger partial charge in [-0.1, -0.05) is 51.8 Å². The number of aryl methyl sites for hydroxylation is 1. The molecule has 4 nitrogen and oxygen atoms in total. The summed E-state index contributed by atoms with van der Waals surface area (Å²) in [6.45, 7) is 1.86. The number of hydrogen-bond donors (Lipinski definition) is 2. The Kier molecular flexibility index (Phi) is 6.72. The van der Waals surface area contributed by atoms with E-state index in [-0.39, 0.29) is 17.7 Å². The zero-order chi connectivity index (χ0) is 21.1. The molecule has 1 heterocycles. The van der Waals surface area contributed by atoms with Gasteiger partial charge in [0.25, 0.3) is 5.91 Å². The van der Waals surface area contributed by atoms with Crippen molar-refractivity contribution in [1.29, 1.82) is 0 Å². The molecule has 1 amide bonds. The first-order valence-corrected chi connectivity index (χ1v) is 10.6. The molecule has 0 aliphatic carbocycles. The minimum absolute atomic E-state index is 0.0637. The first-order valence-electron chi connectivity index (χ1n) is 8.57. The van der Waals surface area contributed by atoms with Crippen molar-refractivity contribution in [3.05, 3.63) is 74.0 Å². The van der Waals surface area contributed by atoms with Crippen molar-refractivity contribution in [2.75, 3.05) is 5.32 Å². The number of rotatable bonds is 6. The Morgan fingerprint density at radius 1 is 1.24 bits per heavy atom. The van der Waals surface area contributed by atoms with Crippen molar-refractivity contribution in [3.63, 3.8) is 0 Å². The van der Waals surface area contributed by atoms with Crippen molar-refractivity contribution in [2.24, 2.45) is 0 Å². The Bertz CT molecular complexity index is 1070. The lowest BCUT2D eigenvalue weighted by Crippen LogP contribution is -2.26. The monoisotopic (exact) mass is 495 g/mol. The van der Waals surface area contributed by atoms with E-state index in [0.717, 1.165) is 10.0 Å². The first-order chi connectivity index (χ1) is 13.8. The maximum Gasteiger partial charge on any atom is 0.339 e. The molecule has 0 radical (unpaired) electrons. The minimum Gasteiger partial charge on any atom is -0.478 e. The largest absolute Gasteiger partial charge is 0.478 e. The smallest absolute Gasteiger partial charge is 0.339 e. The summed E-state index contributed by atoms with van der Waals surface area (Å²) in [5.41, 5.74) is 2.15. The van der Waals surface area contributed by atoms with E-state index < -0.39 is 18.0 Å². The number of benzene rings is 2. The number of carbonyl (C=O) groups is 2. The number of halogens is 3. The summed E-state index contributed by atoms with van der Waals surface area (Å²) in [6, 6.07) is 12.3. The van der Waals surface area contributed by atoms with Gasteiger partial charge in [-0.25, -0.2) is 9.18 Å². The van der Waals surface area contributed by atoms with Crippen LogP contribution in [0.25, 0.3) is 10.4 Å². The fourth-order valence-corrected chi connectivity index (χ4v) is 4.37. The average molecular weight is 497 g/mol. The molecule has 0 bridgehead atoms. The highest BCUT2D eigenvalue weighted by molar-refractivity contribution is 9.10. The fraction of sp³-hybridized carbons (Fsp3) is 0.143. The van der Waals surface area contributed by atoms with Crippen LogP contribution in [0.15, 0.2) is 52.3 Å². The van der Waals surface area contributed by atoms with Crippen LogP contribution in [0.2, 0.25) is 5.02 Å². The van der Waals surface area contributed by atoms with Gasteiger partial charge in [-0.3, -0.25) is 4.79 Å². The number of carboxylic acids is 1. The molecule has 1 unspecified atom stereocenters. The van der Waals surface area contributed by atoms with E-state index in [1.165, 1.54) is 16.7 Å². The van der Waals surface area contributed by atoms with Gasteiger partial charge in [0, 0.05) is 21.3 Å². The molecule has 8 heteroatoms. The van der Waals surface area contributed by atoms with Crippen LogP contribution < -0.4 is 5.32 Å². The molecule has 0 spiro atoms. The number of hydrogen-bond acceptors (Lipinski definition) is 3. The van der Waals surface area contributed by atoms with E-state index >= 15 is 0 Å². The van der Waals surface area contributed by atoms with Crippen molar-refractivity contribution in [3.8, 4) is 10.4 Å². The Labute approximate surface area is 184 Å². The van der Waals surface area contributed by atoms with Crippen molar-refractivity contribution >= 4 is 56.4 Å². The molecule has 150 valence electrons. The van der Waals surface area contributed by atoms with E-state index in [0.29, 0.717) is 21.0 Å². The molecular formula is C21H16BrClFNO3S. The van der Waals surface area contributed by atoms with Crippen LogP contribution in [0.3, 0.4) is 0 Å². The second-order valence-corrected chi connectivity index (χ2v) is 8.62. The molecule has 3 rings (SSSR count). The lowest BCUT2D eigenvalue weighted by Gasteiger charge is -2.11. The summed E-state index contributed by atoms with van der Waals surface area (Å²) in [6.07, 6.45) is -2.07. The SMILES string of the molecule is Cc1ccc(CC(F)C(=O)Nc2csc(-c3ccc(Br)cc3)c2C(=O)O)c(Cl)c1. The number of nitrogens with one attached hydrogen (secondary N) is 1. The summed E-state index contributed by atoms with van der Waals surface area (Å²) in [5.74, 6) is -2.11. The number of anilines is 1. The van der Waals surface area contributed by atoms with Crippen LogP contribution in [0.5, 0.6) is 0 Å². The molecule has 0 aliphatic heterocycles. The molecule has 1 aromatic heterocycles. The van der Waals surface area contributed by atoms with Crippen LogP contribution in [0.4, 0.5) is 10.1 Å². The van der Waals surface area contributed by atoms with Crippen LogP contribution in [-0.4, -0.2) is 23.2 Å². The summed E-state index contributed by atoms with van der Waals surface area (Å²) >= 11 is 10.6. The third kappa shape index (κ3) is 5.04. The van der Waals surface area contributed by atoms with E-state index in [1.54, 1.807) is 42.5 Å². The van der Waals surface area contributed by atoms with Crippen molar-refractivity contribution < 1.29 is 19.1 Å². The van der Waals surface area contributed by atoms with Crippen LogP contribution in [-0.2, 0) is 11.2 Å². The highest BCUT2D eigenvalue weighted by atomic mass is 79.9. The van der Waals surface area contributed by atoms with Gasteiger partial charge in [0.15, 0.2) is 6.17 Å². The number of carboxylic acid groups (broad SMARTS) is 1. The maximum atomic E-state index is 14.5. The highest BCUT2D eigenvalue weighted by Crippen LogP contribution is 2.36. The van der Waals surface area contributed by atoms with Gasteiger partial charge < -0.3 is 10.4 Å². The summed E-state index contributed by atoms with van der Waals surface area (Å²) in [7, 11) is 0. The quantitative estimate of drug-likeness (QED) is 0.417. The zero-order valence-electron chi connectivity index (χ0n) is 15.2. The lowest BCUT2D eigenvalue weighted by atomic mass is 10.1. The van der Waals surface area contributed by atoms with E-state index in [9.17, 15) is 19.1 Å². The Hall–Kier alpha value is -2.22. The normalized spacial score (nSPS) is 11.9. The van der Waals surface area contributed by atoms with Crippen LogP contribution in [0, 0.1) is 6.92 Å². The number of amides is 1. The van der Waals surface area contributed by atoms with Crippen molar-refractivity contribution in [2.45, 2.75) is 19.5 Å². The summed E-state index contributed by atoms with van der Waals surface area (Å²) < 4.78 is 15.4. The van der Waals surface area contributed by atoms with E-state index in [4.69, 9.17) is 11.6 Å². The van der Waals surface area contributed by atoms with E-state index in [2.05, 4.69) is 21.2 Å². The molecule has 0 saturated carbocycles. The van der Waals surface area contributed by atoms with Crippen molar-refractivity contribution in [1.82, 2.24) is 0 Å². The van der Waals surface area contributed by atoms with Gasteiger partial charge in [0.05, 0.1) is 10.6 Å². The third-order valence-electron chi connectivity index (χ3n) is 4.26. The molecule has 0 fully saturated rings. The number of thiophene rings is 1. The molecule has 1 atom stereocenters. The second kappa shape index (κ2) is 9.07.